The van der Waals surface area contributed by atoms with E-state index in [1.807, 2.05) is 4.57 Å². The smallest absolute Gasteiger partial charge is 0.231 e. The molecule has 2 aromatic heterocycles. The number of amides is 1. The first kappa shape index (κ1) is 17.9. The third-order valence-corrected chi connectivity index (χ3v) is 5.04. The topological polar surface area (TPSA) is 88.5 Å². The Bertz CT molecular complexity index is 996. The Hall–Kier alpha value is -2.48. The number of benzene rings is 1. The highest BCUT2D eigenvalue weighted by atomic mass is 35.5. The maximum absolute atomic E-state index is 13.6. The minimum atomic E-state index is -0.534. The maximum Gasteiger partial charge on any atom is 0.231 e. The zero-order chi connectivity index (χ0) is 19.3. The first-order valence-corrected chi connectivity index (χ1v) is 9.18. The fraction of sp³-hybridized carbons (Fsp3) is 0.444. The molecule has 1 aromatic carbocycles. The van der Waals surface area contributed by atoms with Gasteiger partial charge in [0.05, 0.1) is 22.0 Å². The molecule has 7 nitrogen and oxygen atoms in total. The number of aromatic amines is 1. The second-order valence-corrected chi connectivity index (χ2v) is 8.30. The molecule has 0 saturated carbocycles. The first-order valence-electron chi connectivity index (χ1n) is 8.80. The monoisotopic (exact) mass is 390 g/mol. The Morgan fingerprint density at radius 2 is 2.15 bits per heavy atom. The van der Waals surface area contributed by atoms with E-state index in [1.165, 1.54) is 12.1 Å². The lowest BCUT2D eigenvalue weighted by Crippen LogP contribution is -2.33. The highest BCUT2D eigenvalue weighted by Gasteiger charge is 2.31. The molecule has 0 radical (unpaired) electrons. The molecule has 27 heavy (non-hydrogen) atoms. The van der Waals surface area contributed by atoms with E-state index in [4.69, 9.17) is 11.6 Å². The van der Waals surface area contributed by atoms with Gasteiger partial charge in [0.15, 0.2) is 0 Å². The Morgan fingerprint density at radius 3 is 2.89 bits per heavy atom. The van der Waals surface area contributed by atoms with Crippen LogP contribution in [0, 0.1) is 11.7 Å². The summed E-state index contributed by atoms with van der Waals surface area (Å²) in [6.07, 6.45) is 1.39. The maximum atomic E-state index is 13.6. The van der Waals surface area contributed by atoms with Crippen molar-refractivity contribution in [1.29, 1.82) is 0 Å². The summed E-state index contributed by atoms with van der Waals surface area (Å²) in [6.45, 7) is 6.76. The summed E-state index contributed by atoms with van der Waals surface area (Å²) in [5.41, 5.74) is 0.828. The molecule has 1 atom stereocenters. The van der Waals surface area contributed by atoms with Crippen LogP contribution in [-0.4, -0.2) is 30.6 Å². The summed E-state index contributed by atoms with van der Waals surface area (Å²) >= 11 is 5.78. The van der Waals surface area contributed by atoms with Crippen LogP contribution >= 0.6 is 11.6 Å². The number of nitrogens with zero attached hydrogens (tertiary/aromatic N) is 4. The van der Waals surface area contributed by atoms with Crippen molar-refractivity contribution in [3.63, 3.8) is 0 Å². The predicted octanol–water partition coefficient (Wildman–Crippen LogP) is 3.45. The molecule has 0 bridgehead atoms. The van der Waals surface area contributed by atoms with Gasteiger partial charge in [-0.15, -0.1) is 10.2 Å². The van der Waals surface area contributed by atoms with Crippen LogP contribution in [0.15, 0.2) is 12.1 Å². The van der Waals surface area contributed by atoms with Crippen molar-refractivity contribution in [2.75, 3.05) is 5.32 Å². The summed E-state index contributed by atoms with van der Waals surface area (Å²) in [6, 6.07) is 2.69. The van der Waals surface area contributed by atoms with E-state index in [0.29, 0.717) is 30.4 Å². The second-order valence-electron chi connectivity index (χ2n) is 7.89. The number of carbonyl (C=O) groups is 1. The summed E-state index contributed by atoms with van der Waals surface area (Å²) in [5, 5.41) is 11.4. The fourth-order valence-electron chi connectivity index (χ4n) is 3.38. The molecule has 9 heteroatoms. The van der Waals surface area contributed by atoms with Crippen LogP contribution in [0.25, 0.3) is 11.0 Å². The zero-order valence-corrected chi connectivity index (χ0v) is 16.1. The Morgan fingerprint density at radius 1 is 1.37 bits per heavy atom. The lowest BCUT2D eigenvalue weighted by molar-refractivity contribution is -0.120. The number of carbonyl (C=O) groups excluding carboxylic acids is 1. The molecule has 0 spiro atoms. The average Bonchev–Trinajstić information content (AvgIpc) is 3.17. The summed E-state index contributed by atoms with van der Waals surface area (Å²) in [5.74, 6) is 1.18. The number of anilines is 1. The molecule has 142 valence electrons. The SMILES string of the molecule is CC(C)(C)c1nnc2n1CC(C(=O)Nc1nc3cc(Cl)c(F)cc3[nH]1)CC2. The quantitative estimate of drug-likeness (QED) is 0.701. The standard InChI is InChI=1S/C18H20ClFN6O/c1-18(2,3)16-25-24-14-5-4-9(8-26(14)16)15(27)23-17-21-12-6-10(19)11(20)7-13(12)22-17/h6-7,9H,4-5,8H2,1-3H3,(H2,21,22,23,27). The number of hydrogen-bond acceptors (Lipinski definition) is 4. The van der Waals surface area contributed by atoms with Crippen LogP contribution in [0.2, 0.25) is 5.02 Å². The van der Waals surface area contributed by atoms with Gasteiger partial charge in [-0.05, 0) is 12.5 Å². The van der Waals surface area contributed by atoms with Crippen LogP contribution < -0.4 is 5.32 Å². The number of imidazole rings is 1. The molecule has 0 aliphatic carbocycles. The first-order chi connectivity index (χ1) is 12.7. The van der Waals surface area contributed by atoms with Crippen molar-refractivity contribution in [3.05, 3.63) is 34.6 Å². The van der Waals surface area contributed by atoms with E-state index < -0.39 is 5.82 Å². The third kappa shape index (κ3) is 3.29. The Kier molecular flexibility index (Phi) is 4.18. The van der Waals surface area contributed by atoms with Gasteiger partial charge >= 0.3 is 0 Å². The molecule has 1 unspecified atom stereocenters. The minimum absolute atomic E-state index is 0.00555. The zero-order valence-electron chi connectivity index (χ0n) is 15.3. The molecule has 1 aliphatic heterocycles. The molecule has 0 fully saturated rings. The van der Waals surface area contributed by atoms with Gasteiger partial charge in [0, 0.05) is 24.4 Å². The van der Waals surface area contributed by atoms with Gasteiger partial charge in [-0.1, -0.05) is 32.4 Å². The van der Waals surface area contributed by atoms with Crippen molar-refractivity contribution in [2.24, 2.45) is 5.92 Å². The summed E-state index contributed by atoms with van der Waals surface area (Å²) < 4.78 is 15.6. The van der Waals surface area contributed by atoms with Gasteiger partial charge in [-0.2, -0.15) is 0 Å². The number of fused-ring (bicyclic) bond motifs is 2. The van der Waals surface area contributed by atoms with Crippen molar-refractivity contribution in [1.82, 2.24) is 24.7 Å². The predicted molar refractivity (Wildman–Crippen MR) is 100 cm³/mol. The molecule has 4 rings (SSSR count). The van der Waals surface area contributed by atoms with Crippen LogP contribution in [0.3, 0.4) is 0 Å². The summed E-state index contributed by atoms with van der Waals surface area (Å²) in [4.78, 5) is 19.9. The van der Waals surface area contributed by atoms with E-state index in [0.717, 1.165) is 11.6 Å². The van der Waals surface area contributed by atoms with Gasteiger partial charge in [0.1, 0.15) is 17.5 Å². The van der Waals surface area contributed by atoms with E-state index in [2.05, 4.69) is 46.3 Å². The van der Waals surface area contributed by atoms with Gasteiger partial charge in [0.25, 0.3) is 0 Å². The molecule has 3 heterocycles. The van der Waals surface area contributed by atoms with Gasteiger partial charge in [-0.25, -0.2) is 9.37 Å². The average molecular weight is 391 g/mol. The van der Waals surface area contributed by atoms with Crippen molar-refractivity contribution >= 4 is 34.5 Å². The largest absolute Gasteiger partial charge is 0.324 e. The number of halogens is 2. The molecule has 3 aromatic rings. The fourth-order valence-corrected chi connectivity index (χ4v) is 3.54. The summed E-state index contributed by atoms with van der Waals surface area (Å²) in [7, 11) is 0. The molecule has 1 aliphatic rings. The van der Waals surface area contributed by atoms with Crippen molar-refractivity contribution < 1.29 is 9.18 Å². The van der Waals surface area contributed by atoms with Gasteiger partial charge < -0.3 is 9.55 Å². The number of aromatic nitrogens is 5. The van der Waals surface area contributed by atoms with E-state index in [1.54, 1.807) is 0 Å². The lowest BCUT2D eigenvalue weighted by atomic mass is 9.93. The van der Waals surface area contributed by atoms with E-state index in [9.17, 15) is 9.18 Å². The molecular formula is C18H20ClFN6O. The Balaban J connectivity index is 1.53. The van der Waals surface area contributed by atoms with Crippen molar-refractivity contribution in [3.8, 4) is 0 Å². The highest BCUT2D eigenvalue weighted by Crippen LogP contribution is 2.28. The van der Waals surface area contributed by atoms with Crippen LogP contribution in [0.1, 0.15) is 38.8 Å². The van der Waals surface area contributed by atoms with Gasteiger partial charge in [-0.3, -0.25) is 10.1 Å². The van der Waals surface area contributed by atoms with E-state index >= 15 is 0 Å². The minimum Gasteiger partial charge on any atom is -0.324 e. The molecule has 1 amide bonds. The van der Waals surface area contributed by atoms with Crippen LogP contribution in [0.5, 0.6) is 0 Å². The number of nitrogens with one attached hydrogen (secondary N) is 2. The molecular weight excluding hydrogens is 371 g/mol. The van der Waals surface area contributed by atoms with Crippen LogP contribution in [-0.2, 0) is 23.2 Å². The number of rotatable bonds is 2. The number of H-pyrrole nitrogens is 1. The normalized spacial score (nSPS) is 17.1. The molecule has 2 N–H and O–H groups in total. The second kappa shape index (κ2) is 6.30. The van der Waals surface area contributed by atoms with E-state index in [-0.39, 0.29) is 28.2 Å². The Labute approximate surface area is 160 Å². The third-order valence-electron chi connectivity index (χ3n) is 4.75. The molecule has 0 saturated heterocycles. The van der Waals surface area contributed by atoms with Gasteiger partial charge in [0.2, 0.25) is 11.9 Å². The number of hydrogen-bond donors (Lipinski definition) is 2. The van der Waals surface area contributed by atoms with Crippen LogP contribution in [0.4, 0.5) is 10.3 Å². The van der Waals surface area contributed by atoms with Crippen molar-refractivity contribution in [2.45, 2.75) is 45.6 Å². The lowest BCUT2D eigenvalue weighted by Gasteiger charge is -2.26. The number of aryl methyl sites for hydroxylation is 1. The highest BCUT2D eigenvalue weighted by molar-refractivity contribution is 6.31.